The van der Waals surface area contributed by atoms with Crippen molar-refractivity contribution in [2.24, 2.45) is 0 Å². The molecular formula is C15H14O2S. The van der Waals surface area contributed by atoms with Gasteiger partial charge in [0, 0.05) is 4.88 Å². The number of carbonyl (C=O) groups is 1. The number of rotatable bonds is 1. The molecule has 3 heteroatoms. The summed E-state index contributed by atoms with van der Waals surface area (Å²) in [6.07, 6.45) is 0.906. The third-order valence-electron chi connectivity index (χ3n) is 3.55. The van der Waals surface area contributed by atoms with E-state index in [9.17, 15) is 4.79 Å². The van der Waals surface area contributed by atoms with Crippen LogP contribution in [0.3, 0.4) is 0 Å². The van der Waals surface area contributed by atoms with E-state index in [1.165, 1.54) is 28.0 Å². The van der Waals surface area contributed by atoms with Crippen LogP contribution in [-0.2, 0) is 11.8 Å². The number of carboxylic acid groups (broad SMARTS) is 1. The molecule has 1 aromatic heterocycles. The molecule has 0 atom stereocenters. The summed E-state index contributed by atoms with van der Waals surface area (Å²) in [5, 5.41) is 9.12. The molecule has 3 rings (SSSR count). The molecule has 18 heavy (non-hydrogen) atoms. The third-order valence-corrected chi connectivity index (χ3v) is 4.75. The summed E-state index contributed by atoms with van der Waals surface area (Å²) in [7, 11) is 0. The molecule has 1 aliphatic carbocycles. The van der Waals surface area contributed by atoms with E-state index in [-0.39, 0.29) is 5.41 Å². The first kappa shape index (κ1) is 11.5. The zero-order chi connectivity index (χ0) is 12.9. The number of carboxylic acids is 1. The monoisotopic (exact) mass is 258 g/mol. The van der Waals surface area contributed by atoms with Crippen molar-refractivity contribution in [1.82, 2.24) is 0 Å². The van der Waals surface area contributed by atoms with E-state index in [1.54, 1.807) is 0 Å². The van der Waals surface area contributed by atoms with Gasteiger partial charge in [-0.2, -0.15) is 0 Å². The van der Waals surface area contributed by atoms with Crippen LogP contribution in [0.4, 0.5) is 0 Å². The van der Waals surface area contributed by atoms with Gasteiger partial charge in [-0.05, 0) is 34.6 Å². The Bertz CT molecular complexity index is 638. The average molecular weight is 258 g/mol. The zero-order valence-corrected chi connectivity index (χ0v) is 11.2. The van der Waals surface area contributed by atoms with Crippen molar-refractivity contribution in [3.05, 3.63) is 46.3 Å². The molecule has 2 nitrogen and oxygen atoms in total. The predicted molar refractivity (Wildman–Crippen MR) is 73.4 cm³/mol. The highest BCUT2D eigenvalue weighted by Crippen LogP contribution is 2.46. The Kier molecular flexibility index (Phi) is 2.35. The first-order valence-corrected chi connectivity index (χ1v) is 6.76. The highest BCUT2D eigenvalue weighted by molar-refractivity contribution is 7.17. The lowest BCUT2D eigenvalue weighted by Gasteiger charge is -2.32. The number of thiophene rings is 1. The van der Waals surface area contributed by atoms with Gasteiger partial charge in [0.1, 0.15) is 4.88 Å². The molecular weight excluding hydrogens is 244 g/mol. The summed E-state index contributed by atoms with van der Waals surface area (Å²) in [5.74, 6) is -0.829. The second-order valence-corrected chi connectivity index (χ2v) is 6.43. The Morgan fingerprint density at radius 3 is 2.78 bits per heavy atom. The number of aromatic carboxylic acids is 1. The molecule has 2 aromatic rings. The Morgan fingerprint density at radius 1 is 1.33 bits per heavy atom. The highest BCUT2D eigenvalue weighted by Gasteiger charge is 2.32. The number of hydrogen-bond donors (Lipinski definition) is 1. The van der Waals surface area contributed by atoms with E-state index in [2.05, 4.69) is 32.0 Å². The van der Waals surface area contributed by atoms with E-state index >= 15 is 0 Å². The maximum Gasteiger partial charge on any atom is 0.345 e. The van der Waals surface area contributed by atoms with Crippen molar-refractivity contribution < 1.29 is 9.90 Å². The molecule has 0 radical (unpaired) electrons. The largest absolute Gasteiger partial charge is 0.477 e. The van der Waals surface area contributed by atoms with Crippen LogP contribution in [0.25, 0.3) is 10.4 Å². The van der Waals surface area contributed by atoms with Crippen LogP contribution < -0.4 is 0 Å². The zero-order valence-electron chi connectivity index (χ0n) is 10.4. The summed E-state index contributed by atoms with van der Waals surface area (Å²) in [4.78, 5) is 12.7. The van der Waals surface area contributed by atoms with Crippen LogP contribution in [0.5, 0.6) is 0 Å². The maximum atomic E-state index is 11.1. The Labute approximate surface area is 110 Å². The van der Waals surface area contributed by atoms with Crippen LogP contribution in [0.2, 0.25) is 0 Å². The van der Waals surface area contributed by atoms with Crippen LogP contribution in [0.1, 0.15) is 34.6 Å². The average Bonchev–Trinajstić information content (AvgIpc) is 2.72. The normalized spacial score (nSPS) is 15.9. The summed E-state index contributed by atoms with van der Waals surface area (Å²) in [6, 6.07) is 10.1. The Balaban J connectivity index is 2.26. The maximum absolute atomic E-state index is 11.1. The minimum atomic E-state index is -0.829. The summed E-state index contributed by atoms with van der Waals surface area (Å²) in [6.45, 7) is 4.43. The third kappa shape index (κ3) is 1.58. The van der Waals surface area contributed by atoms with Crippen molar-refractivity contribution >= 4 is 17.3 Å². The van der Waals surface area contributed by atoms with Crippen LogP contribution >= 0.6 is 11.3 Å². The molecule has 1 heterocycles. The van der Waals surface area contributed by atoms with E-state index < -0.39 is 5.97 Å². The van der Waals surface area contributed by atoms with Gasteiger partial charge in [0.15, 0.2) is 0 Å². The van der Waals surface area contributed by atoms with Gasteiger partial charge >= 0.3 is 5.97 Å². The summed E-state index contributed by atoms with van der Waals surface area (Å²) < 4.78 is 0. The van der Waals surface area contributed by atoms with Crippen LogP contribution in [0.15, 0.2) is 30.3 Å². The summed E-state index contributed by atoms with van der Waals surface area (Å²) in [5.41, 5.74) is 3.75. The molecule has 0 unspecified atom stereocenters. The highest BCUT2D eigenvalue weighted by atomic mass is 32.1. The fourth-order valence-corrected chi connectivity index (χ4v) is 3.79. The fourth-order valence-electron chi connectivity index (χ4n) is 2.74. The standard InChI is InChI=1S/C15H14O2S/c1-15(2)8-9-7-12(14(16)17)18-13(9)10-5-3-4-6-11(10)15/h3-7H,8H2,1-2H3,(H,16,17). The van der Waals surface area contributed by atoms with Crippen molar-refractivity contribution in [2.45, 2.75) is 25.7 Å². The summed E-state index contributed by atoms with van der Waals surface area (Å²) >= 11 is 1.39. The molecule has 0 amide bonds. The molecule has 92 valence electrons. The molecule has 0 fully saturated rings. The molecule has 0 spiro atoms. The van der Waals surface area contributed by atoms with Gasteiger partial charge < -0.3 is 5.11 Å². The SMILES string of the molecule is CC1(C)Cc2cc(C(=O)O)sc2-c2ccccc21. The van der Waals surface area contributed by atoms with E-state index in [1.807, 2.05) is 12.1 Å². The van der Waals surface area contributed by atoms with Crippen molar-refractivity contribution in [3.63, 3.8) is 0 Å². The van der Waals surface area contributed by atoms with Gasteiger partial charge in [-0.3, -0.25) is 0 Å². The molecule has 0 saturated carbocycles. The number of hydrogen-bond acceptors (Lipinski definition) is 2. The molecule has 0 saturated heterocycles. The fraction of sp³-hybridized carbons (Fsp3) is 0.267. The Hall–Kier alpha value is -1.61. The molecule has 1 aromatic carbocycles. The minimum absolute atomic E-state index is 0.0699. The van der Waals surface area contributed by atoms with Crippen molar-refractivity contribution in [2.75, 3.05) is 0 Å². The van der Waals surface area contributed by atoms with Gasteiger partial charge in [-0.25, -0.2) is 4.79 Å². The Morgan fingerprint density at radius 2 is 2.06 bits per heavy atom. The minimum Gasteiger partial charge on any atom is -0.477 e. The lowest BCUT2D eigenvalue weighted by Crippen LogP contribution is -2.24. The van der Waals surface area contributed by atoms with E-state index in [0.29, 0.717) is 4.88 Å². The molecule has 1 aliphatic rings. The van der Waals surface area contributed by atoms with Gasteiger partial charge in [0.05, 0.1) is 0 Å². The second-order valence-electron chi connectivity index (χ2n) is 5.38. The van der Waals surface area contributed by atoms with Crippen molar-refractivity contribution in [3.8, 4) is 10.4 Å². The van der Waals surface area contributed by atoms with Crippen LogP contribution in [0, 0.1) is 0 Å². The predicted octanol–water partition coefficient (Wildman–Crippen LogP) is 3.95. The van der Waals surface area contributed by atoms with Crippen LogP contribution in [-0.4, -0.2) is 11.1 Å². The van der Waals surface area contributed by atoms with E-state index in [0.717, 1.165) is 11.3 Å². The van der Waals surface area contributed by atoms with Gasteiger partial charge in [0.25, 0.3) is 0 Å². The lowest BCUT2D eigenvalue weighted by molar-refractivity contribution is 0.0702. The number of fused-ring (bicyclic) bond motifs is 3. The van der Waals surface area contributed by atoms with Gasteiger partial charge in [0.2, 0.25) is 0 Å². The first-order valence-electron chi connectivity index (χ1n) is 5.95. The topological polar surface area (TPSA) is 37.3 Å². The molecule has 1 N–H and O–H groups in total. The molecule has 0 bridgehead atoms. The van der Waals surface area contributed by atoms with Gasteiger partial charge in [-0.15, -0.1) is 11.3 Å². The number of benzene rings is 1. The molecule has 0 aliphatic heterocycles. The lowest BCUT2D eigenvalue weighted by atomic mass is 9.73. The smallest absolute Gasteiger partial charge is 0.345 e. The first-order chi connectivity index (χ1) is 8.49. The van der Waals surface area contributed by atoms with Gasteiger partial charge in [-0.1, -0.05) is 38.1 Å². The second kappa shape index (κ2) is 3.69. The van der Waals surface area contributed by atoms with E-state index in [4.69, 9.17) is 5.11 Å². The van der Waals surface area contributed by atoms with Crippen molar-refractivity contribution in [1.29, 1.82) is 0 Å². The quantitative estimate of drug-likeness (QED) is 0.841.